The molecule has 0 fully saturated rings. The van der Waals surface area contributed by atoms with E-state index in [-0.39, 0.29) is 0 Å². The van der Waals surface area contributed by atoms with E-state index in [1.165, 1.54) is 120 Å². The van der Waals surface area contributed by atoms with Crippen molar-refractivity contribution in [1.29, 1.82) is 0 Å². The van der Waals surface area contributed by atoms with Crippen molar-refractivity contribution in [2.45, 2.75) is 0 Å². The third-order valence-electron chi connectivity index (χ3n) is 13.7. The monoisotopic (exact) mass is 784 g/mol. The van der Waals surface area contributed by atoms with Gasteiger partial charge in [-0.1, -0.05) is 164 Å². The Bertz CT molecular complexity index is 3940. The van der Waals surface area contributed by atoms with Crippen LogP contribution in [0.2, 0.25) is 0 Å². The zero-order valence-corrected chi connectivity index (χ0v) is 33.7. The number of benzene rings is 11. The molecule has 2 heteroatoms. The lowest BCUT2D eigenvalue weighted by Gasteiger charge is -2.27. The molecular formula is C60H36N2. The summed E-state index contributed by atoms with van der Waals surface area (Å²) >= 11 is 0. The van der Waals surface area contributed by atoms with Gasteiger partial charge in [0.25, 0.3) is 0 Å². The third kappa shape index (κ3) is 4.53. The Morgan fingerprint density at radius 3 is 1.08 bits per heavy atom. The summed E-state index contributed by atoms with van der Waals surface area (Å²) in [5.41, 5.74) is 16.9. The van der Waals surface area contributed by atoms with E-state index in [4.69, 9.17) is 0 Å². The molecule has 0 saturated carbocycles. The average Bonchev–Trinajstić information content (AvgIpc) is 3.86. The smallest absolute Gasteiger partial charge is 0.0547 e. The van der Waals surface area contributed by atoms with Crippen LogP contribution in [0.25, 0.3) is 132 Å². The van der Waals surface area contributed by atoms with Crippen LogP contribution in [0, 0.1) is 0 Å². The first-order valence-corrected chi connectivity index (χ1v) is 21.5. The fourth-order valence-corrected chi connectivity index (χ4v) is 11.1. The summed E-state index contributed by atoms with van der Waals surface area (Å²) < 4.78 is 4.97. The van der Waals surface area contributed by atoms with Crippen molar-refractivity contribution in [3.05, 3.63) is 218 Å². The second-order valence-corrected chi connectivity index (χ2v) is 16.7. The van der Waals surface area contributed by atoms with Crippen molar-refractivity contribution in [3.63, 3.8) is 0 Å². The van der Waals surface area contributed by atoms with Gasteiger partial charge >= 0.3 is 0 Å². The molecule has 14 rings (SSSR count). The van der Waals surface area contributed by atoms with E-state index in [1.807, 2.05) is 0 Å². The Kier molecular flexibility index (Phi) is 6.86. The summed E-state index contributed by atoms with van der Waals surface area (Å²) in [6.45, 7) is 0. The summed E-state index contributed by atoms with van der Waals surface area (Å²) in [6, 6.07) is 81.5. The average molecular weight is 785 g/mol. The van der Waals surface area contributed by atoms with Crippen LogP contribution in [0.4, 0.5) is 0 Å². The van der Waals surface area contributed by atoms with Crippen LogP contribution in [0.3, 0.4) is 0 Å². The van der Waals surface area contributed by atoms with E-state index in [2.05, 4.69) is 228 Å². The Hall–Kier alpha value is -8.20. The van der Waals surface area contributed by atoms with E-state index in [0.717, 1.165) is 11.4 Å². The van der Waals surface area contributed by atoms with Crippen LogP contribution in [-0.2, 0) is 0 Å². The summed E-state index contributed by atoms with van der Waals surface area (Å²) in [6.07, 6.45) is 0. The molecule has 0 amide bonds. The van der Waals surface area contributed by atoms with Crippen LogP contribution in [0.15, 0.2) is 218 Å². The van der Waals surface area contributed by atoms with Crippen LogP contribution in [0.1, 0.15) is 0 Å². The normalized spacial score (nSPS) is 12.2. The molecule has 1 aliphatic rings. The van der Waals surface area contributed by atoms with Gasteiger partial charge in [0.15, 0.2) is 0 Å². The molecule has 2 heterocycles. The fraction of sp³-hybridized carbons (Fsp3) is 0. The van der Waals surface area contributed by atoms with Crippen LogP contribution < -0.4 is 0 Å². The van der Waals surface area contributed by atoms with Gasteiger partial charge in [-0.2, -0.15) is 0 Å². The van der Waals surface area contributed by atoms with Gasteiger partial charge in [0, 0.05) is 32.8 Å². The van der Waals surface area contributed by atoms with E-state index >= 15 is 0 Å². The highest BCUT2D eigenvalue weighted by molar-refractivity contribution is 6.27. The van der Waals surface area contributed by atoms with Gasteiger partial charge in [-0.15, -0.1) is 0 Å². The minimum atomic E-state index is 1.14. The molecule has 62 heavy (non-hydrogen) atoms. The molecule has 2 nitrogen and oxygen atoms in total. The van der Waals surface area contributed by atoms with E-state index in [9.17, 15) is 0 Å². The molecule has 0 radical (unpaired) electrons. The van der Waals surface area contributed by atoms with Gasteiger partial charge in [-0.25, -0.2) is 0 Å². The number of rotatable bonds is 2. The maximum absolute atomic E-state index is 2.51. The zero-order valence-electron chi connectivity index (χ0n) is 33.7. The van der Waals surface area contributed by atoms with Gasteiger partial charge < -0.3 is 9.13 Å². The van der Waals surface area contributed by atoms with Crippen molar-refractivity contribution in [1.82, 2.24) is 9.13 Å². The van der Waals surface area contributed by atoms with Gasteiger partial charge in [0.1, 0.15) is 0 Å². The van der Waals surface area contributed by atoms with E-state index in [0.29, 0.717) is 0 Å². The minimum Gasteiger partial charge on any atom is -0.309 e. The standard InChI is InChI=1S/C60H36N2/c1-4-19-41-38(16-1)39-17-2-5-20-42(39)51-36-53-44-33-32-37(61-55-27-11-7-22-45(55)46-23-8-12-28-56(46)61)34-54(44)60-49(40-18-3-6-21-43(40)52(53)35-50(41)51)26-15-31-59(60)62-57-29-13-9-24-47(57)48-25-10-14-30-58(48)62/h1-36H. The lowest BCUT2D eigenvalue weighted by molar-refractivity contribution is 1.17. The molecule has 0 spiro atoms. The molecule has 2 aromatic heterocycles. The van der Waals surface area contributed by atoms with Crippen molar-refractivity contribution in [2.75, 3.05) is 0 Å². The van der Waals surface area contributed by atoms with Crippen LogP contribution in [0.5, 0.6) is 0 Å². The van der Waals surface area contributed by atoms with E-state index in [1.54, 1.807) is 0 Å². The second kappa shape index (κ2) is 12.7. The number of fused-ring (bicyclic) bond motifs is 20. The summed E-state index contributed by atoms with van der Waals surface area (Å²) in [7, 11) is 0. The molecule has 0 aliphatic heterocycles. The second-order valence-electron chi connectivity index (χ2n) is 16.7. The molecule has 11 aromatic carbocycles. The predicted octanol–water partition coefficient (Wildman–Crippen LogP) is 16.3. The summed E-state index contributed by atoms with van der Waals surface area (Å²) in [5.74, 6) is 0. The lowest BCUT2D eigenvalue weighted by Crippen LogP contribution is -2.04. The quantitative estimate of drug-likeness (QED) is 0.155. The molecule has 286 valence electrons. The zero-order chi connectivity index (χ0) is 40.5. The Morgan fingerprint density at radius 1 is 0.210 bits per heavy atom. The lowest BCUT2D eigenvalue weighted by atomic mass is 9.78. The molecule has 0 atom stereocenters. The maximum Gasteiger partial charge on any atom is 0.0547 e. The Balaban J connectivity index is 1.18. The largest absolute Gasteiger partial charge is 0.309 e. The molecule has 0 unspecified atom stereocenters. The summed E-state index contributed by atoms with van der Waals surface area (Å²) in [4.78, 5) is 0. The number of nitrogens with zero attached hydrogens (tertiary/aromatic N) is 2. The fourth-order valence-electron chi connectivity index (χ4n) is 11.1. The molecule has 0 saturated heterocycles. The number of para-hydroxylation sites is 4. The van der Waals surface area contributed by atoms with Crippen LogP contribution in [-0.4, -0.2) is 9.13 Å². The highest BCUT2D eigenvalue weighted by atomic mass is 15.0. The van der Waals surface area contributed by atoms with Crippen LogP contribution >= 0.6 is 0 Å². The molecule has 0 bridgehead atoms. The number of aromatic nitrogens is 2. The Labute approximate surface area is 357 Å². The van der Waals surface area contributed by atoms with E-state index < -0.39 is 0 Å². The van der Waals surface area contributed by atoms with Gasteiger partial charge in [-0.05, 0) is 126 Å². The topological polar surface area (TPSA) is 9.86 Å². The van der Waals surface area contributed by atoms with Crippen molar-refractivity contribution in [3.8, 4) is 55.9 Å². The number of hydrogen-bond donors (Lipinski definition) is 0. The SMILES string of the molecule is c1ccc2c(c1)-c1cc3c4ccccc4c4ccccc4c3cc1-c1ccc(-n3c4ccccc4c4ccccc43)cc1-c1c-2cccc1-n1c2ccccc2c2ccccc21. The Morgan fingerprint density at radius 2 is 0.581 bits per heavy atom. The minimum absolute atomic E-state index is 1.14. The molecule has 0 N–H and O–H groups in total. The highest BCUT2D eigenvalue weighted by Gasteiger charge is 2.28. The van der Waals surface area contributed by atoms with Crippen molar-refractivity contribution >= 4 is 75.9 Å². The van der Waals surface area contributed by atoms with Crippen molar-refractivity contribution < 1.29 is 0 Å². The molecule has 13 aromatic rings. The van der Waals surface area contributed by atoms with Gasteiger partial charge in [0.05, 0.1) is 27.8 Å². The maximum atomic E-state index is 2.51. The molecular weight excluding hydrogens is 749 g/mol. The summed E-state index contributed by atoms with van der Waals surface area (Å²) in [5, 5.41) is 12.7. The predicted molar refractivity (Wildman–Crippen MR) is 263 cm³/mol. The van der Waals surface area contributed by atoms with Gasteiger partial charge in [0.2, 0.25) is 0 Å². The number of hydrogen-bond acceptors (Lipinski definition) is 0. The first-order chi connectivity index (χ1) is 30.8. The first kappa shape index (κ1) is 33.6. The van der Waals surface area contributed by atoms with Gasteiger partial charge in [-0.3, -0.25) is 0 Å². The highest BCUT2D eigenvalue weighted by Crippen LogP contribution is 2.53. The first-order valence-electron chi connectivity index (χ1n) is 21.5. The van der Waals surface area contributed by atoms with Crippen molar-refractivity contribution in [2.24, 2.45) is 0 Å². The molecule has 1 aliphatic carbocycles. The third-order valence-corrected chi connectivity index (χ3v) is 13.7.